The van der Waals surface area contributed by atoms with Gasteiger partial charge in [0.25, 0.3) is 0 Å². The molecule has 136 valence electrons. The minimum Gasteiger partial charge on any atom is -0.135 e. The molecular weight excluding hydrogens is 392 g/mol. The standard InChI is InChI=1S/C27H15ClS/c28-17-10-11-20-18-5-2-6-19-21-7-3-9-25-27(21)26-15(4-1-8-24(26)29-25)12-16(13-23(18)19)22(20)14-17/h1-12,14H,13H2/b16-12-. The lowest BCUT2D eigenvalue weighted by Gasteiger charge is -2.25. The van der Waals surface area contributed by atoms with Crippen LogP contribution in [0, 0.1) is 0 Å². The molecule has 2 heteroatoms. The molecule has 0 spiro atoms. The maximum Gasteiger partial charge on any atom is 0.0412 e. The molecule has 4 aromatic carbocycles. The van der Waals surface area contributed by atoms with Crippen LogP contribution in [0.1, 0.15) is 16.7 Å². The second-order valence-corrected chi connectivity index (χ2v) is 9.39. The highest BCUT2D eigenvalue weighted by Crippen LogP contribution is 2.49. The third kappa shape index (κ3) is 2.09. The van der Waals surface area contributed by atoms with Crippen molar-refractivity contribution in [1.29, 1.82) is 0 Å². The molecule has 0 unspecified atom stereocenters. The van der Waals surface area contributed by atoms with Crippen LogP contribution in [0.4, 0.5) is 0 Å². The summed E-state index contributed by atoms with van der Waals surface area (Å²) in [7, 11) is 0. The number of benzene rings is 4. The predicted octanol–water partition coefficient (Wildman–Crippen LogP) is 8.45. The number of allylic oxidation sites excluding steroid dienone is 1. The Morgan fingerprint density at radius 1 is 0.655 bits per heavy atom. The van der Waals surface area contributed by atoms with E-state index in [9.17, 15) is 0 Å². The molecule has 1 heterocycles. The van der Waals surface area contributed by atoms with Crippen LogP contribution in [0.3, 0.4) is 0 Å². The van der Waals surface area contributed by atoms with Crippen molar-refractivity contribution in [3.8, 4) is 22.3 Å². The number of rotatable bonds is 0. The second kappa shape index (κ2) is 5.60. The number of hydrogen-bond acceptors (Lipinski definition) is 1. The maximum absolute atomic E-state index is 6.42. The maximum atomic E-state index is 6.42. The molecule has 29 heavy (non-hydrogen) atoms. The van der Waals surface area contributed by atoms with Crippen LogP contribution in [0.5, 0.6) is 0 Å². The fourth-order valence-corrected chi connectivity index (χ4v) is 6.48. The first-order valence-electron chi connectivity index (χ1n) is 9.85. The van der Waals surface area contributed by atoms with Crippen molar-refractivity contribution in [3.63, 3.8) is 0 Å². The van der Waals surface area contributed by atoms with Gasteiger partial charge in [0, 0.05) is 25.2 Å². The number of thiophene rings is 1. The van der Waals surface area contributed by atoms with Gasteiger partial charge in [-0.2, -0.15) is 0 Å². The molecule has 0 saturated carbocycles. The molecule has 0 aliphatic heterocycles. The smallest absolute Gasteiger partial charge is 0.0412 e. The lowest BCUT2D eigenvalue weighted by molar-refractivity contribution is 1.26. The summed E-state index contributed by atoms with van der Waals surface area (Å²) in [5.41, 5.74) is 10.7. The van der Waals surface area contributed by atoms with Crippen LogP contribution in [0.15, 0.2) is 72.8 Å². The van der Waals surface area contributed by atoms with E-state index < -0.39 is 0 Å². The zero-order valence-corrected chi connectivity index (χ0v) is 17.1. The van der Waals surface area contributed by atoms with Gasteiger partial charge >= 0.3 is 0 Å². The van der Waals surface area contributed by atoms with Gasteiger partial charge in [-0.25, -0.2) is 0 Å². The Bertz CT molecular complexity index is 1530. The molecule has 2 bridgehead atoms. The van der Waals surface area contributed by atoms with E-state index in [1.54, 1.807) is 0 Å². The molecule has 0 amide bonds. The summed E-state index contributed by atoms with van der Waals surface area (Å²) in [5.74, 6) is 0. The van der Waals surface area contributed by atoms with Crippen LogP contribution in [0.2, 0.25) is 5.02 Å². The average Bonchev–Trinajstić information content (AvgIpc) is 3.14. The molecular formula is C27H15ClS. The van der Waals surface area contributed by atoms with Crippen LogP contribution < -0.4 is 0 Å². The van der Waals surface area contributed by atoms with Crippen molar-refractivity contribution in [2.45, 2.75) is 6.42 Å². The van der Waals surface area contributed by atoms with Gasteiger partial charge in [0.15, 0.2) is 0 Å². The van der Waals surface area contributed by atoms with Crippen LogP contribution >= 0.6 is 22.9 Å². The first-order valence-corrected chi connectivity index (χ1v) is 11.0. The first kappa shape index (κ1) is 16.0. The summed E-state index contributed by atoms with van der Waals surface area (Å²) < 4.78 is 2.71. The fourth-order valence-electron chi connectivity index (χ4n) is 5.14. The topological polar surface area (TPSA) is 0 Å². The quantitative estimate of drug-likeness (QED) is 0.242. The molecule has 1 aromatic heterocycles. The predicted molar refractivity (Wildman–Crippen MR) is 127 cm³/mol. The lowest BCUT2D eigenvalue weighted by Crippen LogP contribution is -2.05. The zero-order chi connectivity index (χ0) is 19.1. The van der Waals surface area contributed by atoms with Crippen molar-refractivity contribution in [1.82, 2.24) is 0 Å². The summed E-state index contributed by atoms with van der Waals surface area (Å²) in [6.45, 7) is 0. The van der Waals surface area contributed by atoms with E-state index in [0.717, 1.165) is 11.4 Å². The molecule has 2 aliphatic carbocycles. The van der Waals surface area contributed by atoms with E-state index in [1.165, 1.54) is 64.7 Å². The molecule has 0 N–H and O–H groups in total. The normalized spacial score (nSPS) is 15.6. The minimum absolute atomic E-state index is 0.795. The molecule has 0 radical (unpaired) electrons. The summed E-state index contributed by atoms with van der Waals surface area (Å²) in [4.78, 5) is 0. The summed E-state index contributed by atoms with van der Waals surface area (Å²) >= 11 is 8.31. The van der Waals surface area contributed by atoms with Crippen molar-refractivity contribution in [2.75, 3.05) is 0 Å². The van der Waals surface area contributed by atoms with Crippen LogP contribution in [-0.2, 0) is 6.42 Å². The van der Waals surface area contributed by atoms with Gasteiger partial charge in [0.1, 0.15) is 0 Å². The second-order valence-electron chi connectivity index (χ2n) is 7.87. The van der Waals surface area contributed by atoms with Gasteiger partial charge in [-0.15, -0.1) is 11.3 Å². The minimum atomic E-state index is 0.795. The Kier molecular flexibility index (Phi) is 3.09. The third-order valence-electron chi connectivity index (χ3n) is 6.34. The van der Waals surface area contributed by atoms with Crippen molar-refractivity contribution < 1.29 is 0 Å². The Morgan fingerprint density at radius 3 is 2.28 bits per heavy atom. The van der Waals surface area contributed by atoms with Gasteiger partial charge in [-0.3, -0.25) is 0 Å². The molecule has 5 aromatic rings. The largest absolute Gasteiger partial charge is 0.135 e. The monoisotopic (exact) mass is 406 g/mol. The Balaban J connectivity index is 1.76. The number of hydrogen-bond donors (Lipinski definition) is 0. The molecule has 7 rings (SSSR count). The van der Waals surface area contributed by atoms with Crippen LogP contribution in [0.25, 0.3) is 54.1 Å². The van der Waals surface area contributed by atoms with E-state index in [2.05, 4.69) is 72.8 Å². The van der Waals surface area contributed by atoms with Crippen molar-refractivity contribution in [3.05, 3.63) is 94.5 Å². The molecule has 0 saturated heterocycles. The van der Waals surface area contributed by atoms with E-state index >= 15 is 0 Å². The zero-order valence-electron chi connectivity index (χ0n) is 15.5. The van der Waals surface area contributed by atoms with Gasteiger partial charge in [0.05, 0.1) is 0 Å². The molecule has 0 atom stereocenters. The average molecular weight is 407 g/mol. The summed E-state index contributed by atoms with van der Waals surface area (Å²) in [6.07, 6.45) is 3.32. The van der Waals surface area contributed by atoms with E-state index in [4.69, 9.17) is 11.6 Å². The highest BCUT2D eigenvalue weighted by atomic mass is 35.5. The molecule has 2 aliphatic rings. The first-order chi connectivity index (χ1) is 14.3. The Morgan fingerprint density at radius 2 is 1.38 bits per heavy atom. The van der Waals surface area contributed by atoms with E-state index in [0.29, 0.717) is 0 Å². The fraction of sp³-hybridized carbons (Fsp3) is 0.0370. The van der Waals surface area contributed by atoms with Crippen molar-refractivity contribution in [2.24, 2.45) is 0 Å². The van der Waals surface area contributed by atoms with Gasteiger partial charge < -0.3 is 0 Å². The van der Waals surface area contributed by atoms with E-state index in [-0.39, 0.29) is 0 Å². The Labute approximate surface area is 177 Å². The SMILES string of the molecule is Clc1ccc2c(c1)/C1=C\c3cccc4sc5cccc(c5c34)-c3cccc-2c3C1. The highest BCUT2D eigenvalue weighted by molar-refractivity contribution is 7.26. The van der Waals surface area contributed by atoms with Crippen molar-refractivity contribution >= 4 is 54.8 Å². The lowest BCUT2D eigenvalue weighted by atomic mass is 9.79. The summed E-state index contributed by atoms with van der Waals surface area (Å²) in [6, 6.07) is 26.5. The van der Waals surface area contributed by atoms with Gasteiger partial charge in [-0.05, 0) is 75.2 Å². The van der Waals surface area contributed by atoms with E-state index in [1.807, 2.05) is 17.4 Å². The molecule has 0 fully saturated rings. The highest BCUT2D eigenvalue weighted by Gasteiger charge is 2.26. The van der Waals surface area contributed by atoms with Crippen LogP contribution in [-0.4, -0.2) is 0 Å². The third-order valence-corrected chi connectivity index (χ3v) is 7.69. The molecule has 0 nitrogen and oxygen atoms in total. The Hall–Kier alpha value is -2.87. The van der Waals surface area contributed by atoms with Gasteiger partial charge in [-0.1, -0.05) is 66.2 Å². The summed E-state index contributed by atoms with van der Waals surface area (Å²) in [5, 5.41) is 3.57. The number of fused-ring (bicyclic) bond motifs is 5. The van der Waals surface area contributed by atoms with Gasteiger partial charge in [0.2, 0.25) is 0 Å². The number of halogens is 1.